The summed E-state index contributed by atoms with van der Waals surface area (Å²) < 4.78 is 0. The number of aliphatic carboxylic acids is 1. The van der Waals surface area contributed by atoms with E-state index in [1.165, 1.54) is 5.57 Å². The third kappa shape index (κ3) is 2.59. The SMILES string of the molecule is C=C(CC)CN1CCC(CC)(C(=O)O)C1. The van der Waals surface area contributed by atoms with E-state index in [0.717, 1.165) is 32.4 Å². The van der Waals surface area contributed by atoms with E-state index in [1.807, 2.05) is 6.92 Å². The highest BCUT2D eigenvalue weighted by Crippen LogP contribution is 2.34. The van der Waals surface area contributed by atoms with Crippen molar-refractivity contribution >= 4 is 5.97 Å². The monoisotopic (exact) mass is 211 g/mol. The van der Waals surface area contributed by atoms with E-state index in [4.69, 9.17) is 0 Å². The van der Waals surface area contributed by atoms with Crippen molar-refractivity contribution in [3.63, 3.8) is 0 Å². The predicted octanol–water partition coefficient (Wildman–Crippen LogP) is 2.14. The third-order valence-corrected chi connectivity index (χ3v) is 3.51. The maximum Gasteiger partial charge on any atom is 0.310 e. The average Bonchev–Trinajstić information content (AvgIpc) is 2.62. The van der Waals surface area contributed by atoms with Gasteiger partial charge in [-0.1, -0.05) is 26.0 Å². The van der Waals surface area contributed by atoms with Crippen LogP contribution < -0.4 is 0 Å². The Hall–Kier alpha value is -0.830. The Morgan fingerprint density at radius 1 is 1.53 bits per heavy atom. The van der Waals surface area contributed by atoms with Crippen molar-refractivity contribution in [2.24, 2.45) is 5.41 Å². The summed E-state index contributed by atoms with van der Waals surface area (Å²) in [5, 5.41) is 9.22. The van der Waals surface area contributed by atoms with Gasteiger partial charge in [-0.2, -0.15) is 0 Å². The Balaban J connectivity index is 2.57. The molecule has 0 amide bonds. The number of carbonyl (C=O) groups is 1. The first-order valence-corrected chi connectivity index (χ1v) is 5.66. The summed E-state index contributed by atoms with van der Waals surface area (Å²) in [7, 11) is 0. The normalized spacial score (nSPS) is 26.8. The van der Waals surface area contributed by atoms with Gasteiger partial charge in [-0.3, -0.25) is 9.69 Å². The van der Waals surface area contributed by atoms with E-state index in [2.05, 4.69) is 18.4 Å². The second-order valence-electron chi connectivity index (χ2n) is 4.50. The largest absolute Gasteiger partial charge is 0.481 e. The maximum atomic E-state index is 11.2. The number of likely N-dealkylation sites (tertiary alicyclic amines) is 1. The molecule has 1 unspecified atom stereocenters. The number of nitrogens with zero attached hydrogens (tertiary/aromatic N) is 1. The third-order valence-electron chi connectivity index (χ3n) is 3.51. The van der Waals surface area contributed by atoms with Crippen LogP contribution in [0, 0.1) is 5.41 Å². The maximum absolute atomic E-state index is 11.2. The van der Waals surface area contributed by atoms with Crippen LogP contribution in [0.3, 0.4) is 0 Å². The van der Waals surface area contributed by atoms with Gasteiger partial charge in [0.05, 0.1) is 5.41 Å². The Bertz CT molecular complexity index is 262. The van der Waals surface area contributed by atoms with Crippen LogP contribution in [0.1, 0.15) is 33.1 Å². The van der Waals surface area contributed by atoms with E-state index in [9.17, 15) is 9.90 Å². The molecule has 0 aliphatic carbocycles. The molecular formula is C12H21NO2. The molecule has 1 saturated heterocycles. The lowest BCUT2D eigenvalue weighted by atomic mass is 9.84. The van der Waals surface area contributed by atoms with Crippen molar-refractivity contribution in [3.8, 4) is 0 Å². The lowest BCUT2D eigenvalue weighted by molar-refractivity contribution is -0.148. The molecule has 1 fully saturated rings. The number of hydrogen-bond acceptors (Lipinski definition) is 2. The summed E-state index contributed by atoms with van der Waals surface area (Å²) in [6.07, 6.45) is 2.47. The highest BCUT2D eigenvalue weighted by atomic mass is 16.4. The standard InChI is InChI=1S/C12H21NO2/c1-4-10(3)8-13-7-6-12(5-2,9-13)11(14)15/h3-9H2,1-2H3,(H,14,15). The zero-order valence-corrected chi connectivity index (χ0v) is 9.75. The van der Waals surface area contributed by atoms with E-state index in [0.29, 0.717) is 6.54 Å². The van der Waals surface area contributed by atoms with Gasteiger partial charge in [0.25, 0.3) is 0 Å². The number of carboxylic acid groups (broad SMARTS) is 1. The van der Waals surface area contributed by atoms with Gasteiger partial charge < -0.3 is 5.11 Å². The molecule has 0 aromatic heterocycles. The van der Waals surface area contributed by atoms with Gasteiger partial charge in [-0.05, 0) is 25.8 Å². The quantitative estimate of drug-likeness (QED) is 0.708. The molecule has 0 aromatic carbocycles. The van der Waals surface area contributed by atoms with Crippen LogP contribution in [0.15, 0.2) is 12.2 Å². The van der Waals surface area contributed by atoms with Gasteiger partial charge in [0.2, 0.25) is 0 Å². The molecular weight excluding hydrogens is 190 g/mol. The Morgan fingerprint density at radius 3 is 2.60 bits per heavy atom. The highest BCUT2D eigenvalue weighted by molar-refractivity contribution is 5.75. The van der Waals surface area contributed by atoms with Crippen molar-refractivity contribution in [3.05, 3.63) is 12.2 Å². The number of carboxylic acids is 1. The fourth-order valence-corrected chi connectivity index (χ4v) is 2.14. The molecule has 1 rings (SSSR count). The molecule has 1 heterocycles. The summed E-state index contributed by atoms with van der Waals surface area (Å²) in [6.45, 7) is 10.4. The van der Waals surface area contributed by atoms with Crippen molar-refractivity contribution in [1.82, 2.24) is 4.90 Å². The van der Waals surface area contributed by atoms with Crippen LogP contribution in [-0.4, -0.2) is 35.6 Å². The minimum Gasteiger partial charge on any atom is -0.481 e. The summed E-state index contributed by atoms with van der Waals surface area (Å²) in [5.74, 6) is -0.644. The molecule has 0 radical (unpaired) electrons. The zero-order valence-electron chi connectivity index (χ0n) is 9.75. The molecule has 1 aliphatic heterocycles. The minimum absolute atomic E-state index is 0.506. The molecule has 0 aromatic rings. The second kappa shape index (κ2) is 4.79. The Labute approximate surface area is 91.8 Å². The molecule has 1 N–H and O–H groups in total. The summed E-state index contributed by atoms with van der Waals surface area (Å²) in [6, 6.07) is 0. The van der Waals surface area contributed by atoms with Crippen LogP contribution in [-0.2, 0) is 4.79 Å². The summed E-state index contributed by atoms with van der Waals surface area (Å²) in [5.41, 5.74) is 0.681. The fourth-order valence-electron chi connectivity index (χ4n) is 2.14. The van der Waals surface area contributed by atoms with Crippen molar-refractivity contribution < 1.29 is 9.90 Å². The summed E-state index contributed by atoms with van der Waals surface area (Å²) >= 11 is 0. The summed E-state index contributed by atoms with van der Waals surface area (Å²) in [4.78, 5) is 13.4. The fraction of sp³-hybridized carbons (Fsp3) is 0.750. The molecule has 0 saturated carbocycles. The predicted molar refractivity (Wildman–Crippen MR) is 60.8 cm³/mol. The van der Waals surface area contributed by atoms with Crippen molar-refractivity contribution in [2.45, 2.75) is 33.1 Å². The first-order valence-electron chi connectivity index (χ1n) is 5.66. The first kappa shape index (κ1) is 12.2. The Kier molecular flexibility index (Phi) is 3.91. The average molecular weight is 211 g/mol. The van der Waals surface area contributed by atoms with E-state index in [-0.39, 0.29) is 0 Å². The number of hydrogen-bond donors (Lipinski definition) is 1. The number of rotatable bonds is 5. The molecule has 15 heavy (non-hydrogen) atoms. The van der Waals surface area contributed by atoms with Gasteiger partial charge in [-0.25, -0.2) is 0 Å². The smallest absolute Gasteiger partial charge is 0.310 e. The highest BCUT2D eigenvalue weighted by Gasteiger charge is 2.42. The molecule has 3 heteroatoms. The second-order valence-corrected chi connectivity index (χ2v) is 4.50. The topological polar surface area (TPSA) is 40.5 Å². The lowest BCUT2D eigenvalue weighted by Crippen LogP contribution is -2.34. The molecule has 0 spiro atoms. The van der Waals surface area contributed by atoms with Crippen LogP contribution in [0.4, 0.5) is 0 Å². The molecule has 1 aliphatic rings. The van der Waals surface area contributed by atoms with E-state index < -0.39 is 11.4 Å². The van der Waals surface area contributed by atoms with Crippen LogP contribution >= 0.6 is 0 Å². The van der Waals surface area contributed by atoms with Crippen LogP contribution in [0.2, 0.25) is 0 Å². The van der Waals surface area contributed by atoms with Gasteiger partial charge >= 0.3 is 5.97 Å². The zero-order chi connectivity index (χ0) is 11.5. The van der Waals surface area contributed by atoms with Gasteiger partial charge in [0.1, 0.15) is 0 Å². The minimum atomic E-state index is -0.644. The van der Waals surface area contributed by atoms with Crippen molar-refractivity contribution in [1.29, 1.82) is 0 Å². The first-order chi connectivity index (χ1) is 7.04. The molecule has 1 atom stereocenters. The molecule has 86 valence electrons. The van der Waals surface area contributed by atoms with Gasteiger partial charge in [-0.15, -0.1) is 0 Å². The van der Waals surface area contributed by atoms with E-state index in [1.54, 1.807) is 0 Å². The van der Waals surface area contributed by atoms with Crippen LogP contribution in [0.25, 0.3) is 0 Å². The van der Waals surface area contributed by atoms with Crippen LogP contribution in [0.5, 0.6) is 0 Å². The van der Waals surface area contributed by atoms with E-state index >= 15 is 0 Å². The lowest BCUT2D eigenvalue weighted by Gasteiger charge is -2.23. The molecule has 0 bridgehead atoms. The Morgan fingerprint density at radius 2 is 2.20 bits per heavy atom. The van der Waals surface area contributed by atoms with Gasteiger partial charge in [0, 0.05) is 13.1 Å². The van der Waals surface area contributed by atoms with Gasteiger partial charge in [0.15, 0.2) is 0 Å². The molecule has 3 nitrogen and oxygen atoms in total. The van der Waals surface area contributed by atoms with Crippen molar-refractivity contribution in [2.75, 3.05) is 19.6 Å².